The lowest BCUT2D eigenvalue weighted by atomic mass is 9.71. The van der Waals surface area contributed by atoms with Gasteiger partial charge in [0.2, 0.25) is 5.91 Å². The zero-order valence-electron chi connectivity index (χ0n) is 23.0. The highest BCUT2D eigenvalue weighted by Gasteiger charge is 2.68. The van der Waals surface area contributed by atoms with Crippen LogP contribution in [0.4, 0.5) is 0 Å². The number of likely N-dealkylation sites (tertiary alicyclic amines) is 1. The molecule has 3 saturated heterocycles. The minimum atomic E-state index is -0.726. The van der Waals surface area contributed by atoms with Crippen molar-refractivity contribution in [1.82, 2.24) is 20.9 Å². The lowest BCUT2D eigenvalue weighted by molar-refractivity contribution is -0.128. The number of nitrogens with one attached hydrogen (secondary N) is 3. The maximum atomic E-state index is 13.9. The smallest absolute Gasteiger partial charge is 0.227 e. The first-order chi connectivity index (χ1) is 17.5. The number of alkyl halides is 1. The standard InChI is InChI=1S/C28H51ClN6O2/c1-26(2,37)18-6-11-35(12-7-18)22-5-10-32-16-21(22)34-25(36)23(24(30)31)20-14-28-9-4-3-8-27(28,17-28)13-19(29)15-33-20/h18-24,32-33,37H,3-17,30-31H2,1-2H3,(H,34,36). The van der Waals surface area contributed by atoms with Gasteiger partial charge in [-0.25, -0.2) is 0 Å². The number of rotatable bonds is 6. The second-order valence-electron chi connectivity index (χ2n) is 13.7. The van der Waals surface area contributed by atoms with Crippen molar-refractivity contribution >= 4 is 17.5 Å². The molecule has 3 heterocycles. The van der Waals surface area contributed by atoms with E-state index < -0.39 is 17.7 Å². The third-order valence-electron chi connectivity index (χ3n) is 11.0. The fourth-order valence-electron chi connectivity index (χ4n) is 8.81. The molecule has 9 heteroatoms. The normalized spacial score (nSPS) is 40.7. The molecule has 0 aromatic rings. The maximum Gasteiger partial charge on any atom is 0.227 e. The highest BCUT2D eigenvalue weighted by molar-refractivity contribution is 6.20. The molecule has 7 unspecified atom stereocenters. The topological polar surface area (TPSA) is 129 Å². The maximum absolute atomic E-state index is 13.9. The first-order valence-electron chi connectivity index (χ1n) is 14.9. The van der Waals surface area contributed by atoms with Crippen LogP contribution in [-0.4, -0.2) is 83.9 Å². The summed E-state index contributed by atoms with van der Waals surface area (Å²) < 4.78 is 0. The Bertz CT molecular complexity index is 815. The van der Waals surface area contributed by atoms with Gasteiger partial charge >= 0.3 is 0 Å². The molecule has 5 fully saturated rings. The Kier molecular flexibility index (Phi) is 8.21. The molecule has 0 aromatic carbocycles. The van der Waals surface area contributed by atoms with Gasteiger partial charge in [-0.1, -0.05) is 12.8 Å². The third kappa shape index (κ3) is 5.72. The highest BCUT2D eigenvalue weighted by Crippen LogP contribution is 2.76. The van der Waals surface area contributed by atoms with Crippen molar-refractivity contribution in [3.63, 3.8) is 0 Å². The number of carbonyl (C=O) groups is 1. The number of carbonyl (C=O) groups excluding carboxylic acids is 1. The molecule has 8 N–H and O–H groups in total. The molecule has 1 amide bonds. The molecule has 0 aromatic heterocycles. The number of nitrogens with two attached hydrogens (primary N) is 2. The predicted molar refractivity (Wildman–Crippen MR) is 148 cm³/mol. The number of hydrogen-bond donors (Lipinski definition) is 6. The molecule has 5 rings (SSSR count). The van der Waals surface area contributed by atoms with Gasteiger partial charge in [-0.2, -0.15) is 0 Å². The van der Waals surface area contributed by atoms with Crippen LogP contribution in [0.15, 0.2) is 0 Å². The highest BCUT2D eigenvalue weighted by atomic mass is 35.5. The Balaban J connectivity index is 1.27. The minimum Gasteiger partial charge on any atom is -0.390 e. The summed E-state index contributed by atoms with van der Waals surface area (Å²) in [6, 6.07) is 0.246. The number of halogens is 1. The lowest BCUT2D eigenvalue weighted by Gasteiger charge is -2.46. The van der Waals surface area contributed by atoms with Crippen molar-refractivity contribution in [3.8, 4) is 0 Å². The van der Waals surface area contributed by atoms with Gasteiger partial charge in [0.05, 0.1) is 23.7 Å². The van der Waals surface area contributed by atoms with E-state index in [4.69, 9.17) is 23.1 Å². The van der Waals surface area contributed by atoms with Crippen molar-refractivity contribution in [2.75, 3.05) is 32.7 Å². The van der Waals surface area contributed by atoms with E-state index in [1.807, 2.05) is 13.8 Å². The van der Waals surface area contributed by atoms with Crippen molar-refractivity contribution in [3.05, 3.63) is 0 Å². The van der Waals surface area contributed by atoms with Crippen LogP contribution >= 0.6 is 11.6 Å². The van der Waals surface area contributed by atoms with Crippen molar-refractivity contribution < 1.29 is 9.90 Å². The number of aliphatic hydroxyl groups is 1. The van der Waals surface area contributed by atoms with E-state index in [0.717, 1.165) is 58.3 Å². The summed E-state index contributed by atoms with van der Waals surface area (Å²) in [5.74, 6) is -0.189. The number of piperidine rings is 2. The summed E-state index contributed by atoms with van der Waals surface area (Å²) in [5, 5.41) is 21.1. The SMILES string of the molecule is CC(C)(O)C1CCN(C2CCNCC2NC(=O)C(C(N)N)C2CC34CCCCC3(CC(Cl)CN2)C4)CC1. The minimum absolute atomic E-state index is 0.0170. The van der Waals surface area contributed by atoms with E-state index in [9.17, 15) is 9.90 Å². The summed E-state index contributed by atoms with van der Waals surface area (Å²) in [4.78, 5) is 16.4. The molecule has 2 saturated carbocycles. The van der Waals surface area contributed by atoms with Crippen LogP contribution in [0.2, 0.25) is 0 Å². The van der Waals surface area contributed by atoms with Gasteiger partial charge < -0.3 is 32.5 Å². The van der Waals surface area contributed by atoms with Crippen molar-refractivity contribution in [2.24, 2.45) is 34.1 Å². The Labute approximate surface area is 228 Å². The summed E-state index contributed by atoms with van der Waals surface area (Å²) >= 11 is 6.80. The number of nitrogens with zero attached hydrogens (tertiary/aromatic N) is 1. The molecule has 0 bridgehead atoms. The van der Waals surface area contributed by atoms with Crippen LogP contribution < -0.4 is 27.4 Å². The molecule has 2 aliphatic carbocycles. The van der Waals surface area contributed by atoms with Crippen LogP contribution in [-0.2, 0) is 4.79 Å². The Morgan fingerprint density at radius 2 is 1.78 bits per heavy atom. The summed E-state index contributed by atoms with van der Waals surface area (Å²) in [6.07, 6.45) is 10.6. The lowest BCUT2D eigenvalue weighted by Crippen LogP contribution is -2.64. The van der Waals surface area contributed by atoms with Gasteiger partial charge in [0.1, 0.15) is 0 Å². The monoisotopic (exact) mass is 538 g/mol. The van der Waals surface area contributed by atoms with Crippen molar-refractivity contribution in [1.29, 1.82) is 0 Å². The van der Waals surface area contributed by atoms with E-state index in [1.54, 1.807) is 0 Å². The summed E-state index contributed by atoms with van der Waals surface area (Å²) in [5.41, 5.74) is 12.7. The Morgan fingerprint density at radius 1 is 1.11 bits per heavy atom. The van der Waals surface area contributed by atoms with Crippen LogP contribution in [0.1, 0.15) is 78.1 Å². The van der Waals surface area contributed by atoms with Gasteiger partial charge in [0.15, 0.2) is 0 Å². The molecule has 0 radical (unpaired) electrons. The quantitative estimate of drug-likeness (QED) is 0.223. The molecule has 212 valence electrons. The Hall–Kier alpha value is -0.480. The van der Waals surface area contributed by atoms with Crippen LogP contribution in [0.5, 0.6) is 0 Å². The third-order valence-corrected chi connectivity index (χ3v) is 11.3. The zero-order valence-corrected chi connectivity index (χ0v) is 23.7. The van der Waals surface area contributed by atoms with Gasteiger partial charge in [0, 0.05) is 30.6 Å². The van der Waals surface area contributed by atoms with Gasteiger partial charge in [-0.15, -0.1) is 11.6 Å². The number of amides is 1. The van der Waals surface area contributed by atoms with E-state index in [2.05, 4.69) is 20.9 Å². The average molecular weight is 539 g/mol. The van der Waals surface area contributed by atoms with Crippen molar-refractivity contribution in [2.45, 2.75) is 113 Å². The second-order valence-corrected chi connectivity index (χ2v) is 14.3. The molecule has 7 atom stereocenters. The van der Waals surface area contributed by atoms with E-state index >= 15 is 0 Å². The summed E-state index contributed by atoms with van der Waals surface area (Å²) in [6.45, 7) is 8.16. The second kappa shape index (κ2) is 10.8. The number of hydrogen-bond acceptors (Lipinski definition) is 7. The van der Waals surface area contributed by atoms with Crippen LogP contribution in [0.25, 0.3) is 0 Å². The first kappa shape index (κ1) is 28.1. The first-order valence-corrected chi connectivity index (χ1v) is 15.3. The summed E-state index contributed by atoms with van der Waals surface area (Å²) in [7, 11) is 0. The van der Waals surface area contributed by atoms with Gasteiger partial charge in [-0.3, -0.25) is 9.69 Å². The predicted octanol–water partition coefficient (Wildman–Crippen LogP) is 1.49. The fourth-order valence-corrected chi connectivity index (χ4v) is 9.20. The van der Waals surface area contributed by atoms with Crippen LogP contribution in [0.3, 0.4) is 0 Å². The molecule has 0 spiro atoms. The van der Waals surface area contributed by atoms with E-state index in [-0.39, 0.29) is 29.4 Å². The molecule has 8 nitrogen and oxygen atoms in total. The average Bonchev–Trinajstić information content (AvgIpc) is 3.48. The van der Waals surface area contributed by atoms with E-state index in [1.165, 1.54) is 32.1 Å². The molecule has 3 aliphatic heterocycles. The largest absolute Gasteiger partial charge is 0.390 e. The van der Waals surface area contributed by atoms with Crippen LogP contribution in [0, 0.1) is 22.7 Å². The fraction of sp³-hybridized carbons (Fsp3) is 0.964. The Morgan fingerprint density at radius 3 is 2.43 bits per heavy atom. The zero-order chi connectivity index (χ0) is 26.4. The van der Waals surface area contributed by atoms with E-state index in [0.29, 0.717) is 23.3 Å². The van der Waals surface area contributed by atoms with Gasteiger partial charge in [-0.05, 0) is 102 Å². The molecule has 37 heavy (non-hydrogen) atoms. The molecular weight excluding hydrogens is 488 g/mol. The van der Waals surface area contributed by atoms with Gasteiger partial charge in [0.25, 0.3) is 0 Å². The molecular formula is C28H51ClN6O2. The molecule has 5 aliphatic rings.